The smallest absolute Gasteiger partial charge is 0.166 e. The molecular weight excluding hydrogens is 827 g/mol. The Morgan fingerprint density at radius 2 is 0.750 bits per heavy atom. The van der Waals surface area contributed by atoms with E-state index < -0.39 is 0 Å². The first kappa shape index (κ1) is 38.1. The number of rotatable bonds is 6. The highest BCUT2D eigenvalue weighted by Gasteiger charge is 2.23. The fourth-order valence-electron chi connectivity index (χ4n) is 10.5. The lowest BCUT2D eigenvalue weighted by molar-refractivity contribution is 1.07. The molecule has 0 aliphatic heterocycles. The van der Waals surface area contributed by atoms with Crippen LogP contribution >= 0.6 is 0 Å². The minimum absolute atomic E-state index is 0.610. The van der Waals surface area contributed by atoms with Gasteiger partial charge in [0.15, 0.2) is 17.5 Å². The summed E-state index contributed by atoms with van der Waals surface area (Å²) in [6, 6.07) is 84.7. The lowest BCUT2D eigenvalue weighted by atomic mass is 10.0. The van der Waals surface area contributed by atoms with Crippen molar-refractivity contribution in [2.45, 2.75) is 0 Å². The minimum Gasteiger partial charge on any atom is -0.309 e. The maximum atomic E-state index is 5.44. The van der Waals surface area contributed by atoms with Crippen molar-refractivity contribution >= 4 is 75.9 Å². The van der Waals surface area contributed by atoms with Crippen molar-refractivity contribution in [3.05, 3.63) is 237 Å². The van der Waals surface area contributed by atoms with E-state index in [9.17, 15) is 0 Å². The first-order valence-corrected chi connectivity index (χ1v) is 23.1. The fraction of sp³-hybridized carbons (Fsp3) is 0. The zero-order valence-electron chi connectivity index (χ0n) is 36.8. The van der Waals surface area contributed by atoms with Crippen molar-refractivity contribution in [1.29, 1.82) is 0 Å². The molecule has 5 heteroatoms. The van der Waals surface area contributed by atoms with Crippen LogP contribution in [0.5, 0.6) is 0 Å². The van der Waals surface area contributed by atoms with Crippen LogP contribution in [0, 0.1) is 0 Å². The largest absolute Gasteiger partial charge is 0.309 e. The maximum Gasteiger partial charge on any atom is 0.166 e. The van der Waals surface area contributed by atoms with E-state index in [1.54, 1.807) is 0 Å². The molecule has 316 valence electrons. The summed E-state index contributed by atoms with van der Waals surface area (Å²) in [5.74, 6) is 1.84. The number of fused-ring (bicyclic) bond motifs is 9. The highest BCUT2D eigenvalue weighted by Crippen LogP contribution is 2.42. The summed E-state index contributed by atoms with van der Waals surface area (Å²) in [4.78, 5) is 16.0. The average Bonchev–Trinajstić information content (AvgIpc) is 3.90. The molecule has 14 rings (SSSR count). The Balaban J connectivity index is 1.02. The molecular formula is C63H39N5. The van der Waals surface area contributed by atoms with E-state index in [0.29, 0.717) is 17.5 Å². The van der Waals surface area contributed by atoms with E-state index >= 15 is 0 Å². The third-order valence-corrected chi connectivity index (χ3v) is 13.7. The Morgan fingerprint density at radius 1 is 0.250 bits per heavy atom. The van der Waals surface area contributed by atoms with E-state index in [1.165, 1.54) is 48.7 Å². The number of hydrogen-bond acceptors (Lipinski definition) is 3. The second-order valence-electron chi connectivity index (χ2n) is 17.6. The van der Waals surface area contributed by atoms with Crippen LogP contribution in [0.1, 0.15) is 0 Å². The maximum absolute atomic E-state index is 5.44. The Kier molecular flexibility index (Phi) is 8.52. The summed E-state index contributed by atoms with van der Waals surface area (Å²) in [5.41, 5.74) is 11.7. The summed E-state index contributed by atoms with van der Waals surface area (Å²) in [7, 11) is 0. The molecule has 0 bridgehead atoms. The van der Waals surface area contributed by atoms with Gasteiger partial charge in [0.25, 0.3) is 0 Å². The van der Waals surface area contributed by atoms with Crippen LogP contribution in [-0.4, -0.2) is 24.1 Å². The molecule has 0 spiro atoms. The highest BCUT2D eigenvalue weighted by atomic mass is 15.1. The molecule has 3 aromatic heterocycles. The lowest BCUT2D eigenvalue weighted by Gasteiger charge is -2.17. The second kappa shape index (κ2) is 15.2. The van der Waals surface area contributed by atoms with Gasteiger partial charge in [-0.05, 0) is 104 Å². The number of aromatic nitrogens is 5. The summed E-state index contributed by atoms with van der Waals surface area (Å²) in [5, 5.41) is 11.8. The summed E-state index contributed by atoms with van der Waals surface area (Å²) < 4.78 is 4.85. The lowest BCUT2D eigenvalue weighted by Crippen LogP contribution is -2.04. The van der Waals surface area contributed by atoms with Crippen LogP contribution in [-0.2, 0) is 0 Å². The number of para-hydroxylation sites is 2. The first-order valence-electron chi connectivity index (χ1n) is 23.1. The molecule has 0 saturated heterocycles. The van der Waals surface area contributed by atoms with Crippen LogP contribution in [0.2, 0.25) is 0 Å². The van der Waals surface area contributed by atoms with Gasteiger partial charge >= 0.3 is 0 Å². The molecule has 0 fully saturated rings. The van der Waals surface area contributed by atoms with Gasteiger partial charge in [0.05, 0.1) is 33.3 Å². The van der Waals surface area contributed by atoms with Crippen molar-refractivity contribution in [2.24, 2.45) is 0 Å². The van der Waals surface area contributed by atoms with Crippen molar-refractivity contribution in [1.82, 2.24) is 24.1 Å². The van der Waals surface area contributed by atoms with Crippen molar-refractivity contribution < 1.29 is 0 Å². The third-order valence-electron chi connectivity index (χ3n) is 13.7. The summed E-state index contributed by atoms with van der Waals surface area (Å²) in [6.07, 6.45) is 0. The topological polar surface area (TPSA) is 48.5 Å². The molecule has 0 radical (unpaired) electrons. The third kappa shape index (κ3) is 6.06. The molecule has 0 aliphatic rings. The molecule has 0 atom stereocenters. The molecule has 5 nitrogen and oxygen atoms in total. The number of benzene rings is 11. The standard InChI is InChI=1S/C63H39N5/c1-3-16-40(17-4-1)43-23-15-24-47(34-43)62-64-61(42-19-5-2-6-20-42)65-63(66-62)60-50-25-10-9-18-41(50)31-33-57(60)68-56-29-14-12-27-52(56)54-37-46-30-32-49(35-48(46)39-59(54)68)67-55-28-13-11-26-51(55)53-36-44-21-7-8-22-45(44)38-58(53)67/h1-39H. The Bertz CT molecular complexity index is 4320. The predicted molar refractivity (Wildman–Crippen MR) is 283 cm³/mol. The van der Waals surface area contributed by atoms with Crippen LogP contribution < -0.4 is 0 Å². The van der Waals surface area contributed by atoms with E-state index in [-0.39, 0.29) is 0 Å². The molecule has 68 heavy (non-hydrogen) atoms. The first-order chi connectivity index (χ1) is 33.7. The molecule has 3 heterocycles. The van der Waals surface area contributed by atoms with Gasteiger partial charge < -0.3 is 9.13 Å². The van der Waals surface area contributed by atoms with Gasteiger partial charge in [-0.3, -0.25) is 0 Å². The van der Waals surface area contributed by atoms with Gasteiger partial charge in [-0.1, -0.05) is 176 Å². The van der Waals surface area contributed by atoms with E-state index in [4.69, 9.17) is 15.0 Å². The minimum atomic E-state index is 0.610. The molecule has 0 N–H and O–H groups in total. The van der Waals surface area contributed by atoms with Crippen molar-refractivity contribution in [3.63, 3.8) is 0 Å². The van der Waals surface area contributed by atoms with Crippen molar-refractivity contribution in [3.8, 4) is 56.7 Å². The van der Waals surface area contributed by atoms with Gasteiger partial charge in [0.1, 0.15) is 0 Å². The SMILES string of the molecule is c1ccc(-c2cccc(-c3nc(-c4ccccc4)nc(-c4c(-n5c6ccccc6c6cc7ccc(-n8c9ccccc9c9cc%10ccccc%10cc98)cc7cc65)ccc5ccccc45)n3)c2)cc1. The monoisotopic (exact) mass is 865 g/mol. The van der Waals surface area contributed by atoms with Crippen molar-refractivity contribution in [2.75, 3.05) is 0 Å². The molecule has 0 saturated carbocycles. The van der Waals surface area contributed by atoms with Gasteiger partial charge in [-0.15, -0.1) is 0 Å². The zero-order chi connectivity index (χ0) is 44.7. The van der Waals surface area contributed by atoms with Crippen LogP contribution in [0.15, 0.2) is 237 Å². The fourth-order valence-corrected chi connectivity index (χ4v) is 10.5. The van der Waals surface area contributed by atoms with Gasteiger partial charge in [-0.2, -0.15) is 0 Å². The molecule has 14 aromatic rings. The van der Waals surface area contributed by atoms with E-state index in [0.717, 1.165) is 66.4 Å². The Morgan fingerprint density at radius 3 is 1.49 bits per heavy atom. The second-order valence-corrected chi connectivity index (χ2v) is 17.6. The predicted octanol–water partition coefficient (Wildman–Crippen LogP) is 16.2. The van der Waals surface area contributed by atoms with Crippen LogP contribution in [0.4, 0.5) is 0 Å². The van der Waals surface area contributed by atoms with Crippen LogP contribution in [0.25, 0.3) is 133 Å². The quantitative estimate of drug-likeness (QED) is 0.167. The van der Waals surface area contributed by atoms with Crippen LogP contribution in [0.3, 0.4) is 0 Å². The van der Waals surface area contributed by atoms with Gasteiger partial charge in [-0.25, -0.2) is 15.0 Å². The Labute approximate surface area is 391 Å². The molecule has 11 aromatic carbocycles. The summed E-state index contributed by atoms with van der Waals surface area (Å²) >= 11 is 0. The number of hydrogen-bond donors (Lipinski definition) is 0. The zero-order valence-corrected chi connectivity index (χ0v) is 36.8. The molecule has 0 unspecified atom stereocenters. The molecule has 0 amide bonds. The molecule has 0 aliphatic carbocycles. The Hall–Kier alpha value is -9.19. The van der Waals surface area contributed by atoms with E-state index in [2.05, 4.69) is 221 Å². The van der Waals surface area contributed by atoms with Gasteiger partial charge in [0, 0.05) is 38.4 Å². The van der Waals surface area contributed by atoms with Gasteiger partial charge in [0.2, 0.25) is 0 Å². The normalized spacial score (nSPS) is 11.8. The summed E-state index contributed by atoms with van der Waals surface area (Å²) in [6.45, 7) is 0. The van der Waals surface area contributed by atoms with E-state index in [1.807, 2.05) is 24.3 Å². The number of nitrogens with zero attached hydrogens (tertiary/aromatic N) is 5. The highest BCUT2D eigenvalue weighted by molar-refractivity contribution is 6.16. The average molecular weight is 866 g/mol.